The van der Waals surface area contributed by atoms with Crippen LogP contribution in [0.4, 0.5) is 5.95 Å². The predicted molar refractivity (Wildman–Crippen MR) is 73.6 cm³/mol. The van der Waals surface area contributed by atoms with Gasteiger partial charge in [-0.1, -0.05) is 0 Å². The predicted octanol–water partition coefficient (Wildman–Crippen LogP) is 0.973. The third-order valence-electron chi connectivity index (χ3n) is 2.69. The number of ether oxygens (including phenoxy) is 2. The van der Waals surface area contributed by atoms with Crippen LogP contribution in [-0.2, 0) is 4.74 Å². The standard InChI is InChI=1S/C13H22N4O2/c1-9(2)19-12-6-10(3)16-13(17-12)15-7-11-8-18-5-4-14-11/h6,9,11,14H,4-5,7-8H2,1-3H3,(H,15,16,17). The average molecular weight is 266 g/mol. The smallest absolute Gasteiger partial charge is 0.226 e. The quantitative estimate of drug-likeness (QED) is 0.828. The lowest BCUT2D eigenvalue weighted by Crippen LogP contribution is -2.45. The van der Waals surface area contributed by atoms with E-state index in [-0.39, 0.29) is 6.10 Å². The van der Waals surface area contributed by atoms with Crippen molar-refractivity contribution in [1.82, 2.24) is 15.3 Å². The molecule has 1 fully saturated rings. The molecule has 1 aromatic heterocycles. The van der Waals surface area contributed by atoms with Crippen LogP contribution in [0, 0.1) is 6.92 Å². The molecular formula is C13H22N4O2. The lowest BCUT2D eigenvalue weighted by atomic mass is 10.3. The highest BCUT2D eigenvalue weighted by atomic mass is 16.5. The fourth-order valence-corrected chi connectivity index (χ4v) is 1.89. The highest BCUT2D eigenvalue weighted by molar-refractivity contribution is 5.30. The molecule has 19 heavy (non-hydrogen) atoms. The van der Waals surface area contributed by atoms with Gasteiger partial charge in [0.2, 0.25) is 11.8 Å². The molecule has 1 aromatic rings. The van der Waals surface area contributed by atoms with E-state index in [9.17, 15) is 0 Å². The van der Waals surface area contributed by atoms with Crippen LogP contribution in [0.3, 0.4) is 0 Å². The topological polar surface area (TPSA) is 68.3 Å². The van der Waals surface area contributed by atoms with Crippen LogP contribution in [0.15, 0.2) is 6.07 Å². The summed E-state index contributed by atoms with van der Waals surface area (Å²) in [5, 5.41) is 6.60. The van der Waals surface area contributed by atoms with Crippen LogP contribution in [0.2, 0.25) is 0 Å². The number of morpholine rings is 1. The van der Waals surface area contributed by atoms with Crippen LogP contribution in [0.25, 0.3) is 0 Å². The Morgan fingerprint density at radius 3 is 3.05 bits per heavy atom. The molecule has 6 heteroatoms. The summed E-state index contributed by atoms with van der Waals surface area (Å²) < 4.78 is 11.0. The summed E-state index contributed by atoms with van der Waals surface area (Å²) in [7, 11) is 0. The highest BCUT2D eigenvalue weighted by Gasteiger charge is 2.13. The van der Waals surface area contributed by atoms with Crippen molar-refractivity contribution in [2.45, 2.75) is 32.9 Å². The van der Waals surface area contributed by atoms with Crippen molar-refractivity contribution in [3.63, 3.8) is 0 Å². The van der Waals surface area contributed by atoms with Gasteiger partial charge in [0.05, 0.1) is 19.3 Å². The van der Waals surface area contributed by atoms with Gasteiger partial charge in [-0.05, 0) is 20.8 Å². The monoisotopic (exact) mass is 266 g/mol. The lowest BCUT2D eigenvalue weighted by molar-refractivity contribution is 0.0806. The Hall–Kier alpha value is -1.40. The number of nitrogens with zero attached hydrogens (tertiary/aromatic N) is 2. The molecule has 1 unspecified atom stereocenters. The molecule has 1 atom stereocenters. The van der Waals surface area contributed by atoms with Gasteiger partial charge >= 0.3 is 0 Å². The van der Waals surface area contributed by atoms with E-state index in [0.29, 0.717) is 24.5 Å². The molecule has 0 saturated carbocycles. The van der Waals surface area contributed by atoms with E-state index in [1.165, 1.54) is 0 Å². The van der Waals surface area contributed by atoms with Crippen molar-refractivity contribution in [3.05, 3.63) is 11.8 Å². The molecule has 1 aliphatic heterocycles. The Bertz CT molecular complexity index is 406. The van der Waals surface area contributed by atoms with Gasteiger partial charge in [-0.25, -0.2) is 4.98 Å². The molecule has 1 aliphatic rings. The lowest BCUT2D eigenvalue weighted by Gasteiger charge is -2.24. The Labute approximate surface area is 113 Å². The fraction of sp³-hybridized carbons (Fsp3) is 0.692. The van der Waals surface area contributed by atoms with Crippen LogP contribution in [-0.4, -0.2) is 48.4 Å². The fourth-order valence-electron chi connectivity index (χ4n) is 1.89. The molecule has 0 aromatic carbocycles. The second kappa shape index (κ2) is 6.68. The summed E-state index contributed by atoms with van der Waals surface area (Å²) in [6.07, 6.45) is 0.107. The average Bonchev–Trinajstić information content (AvgIpc) is 2.36. The normalized spacial score (nSPS) is 19.5. The number of aromatic nitrogens is 2. The number of hydrogen-bond acceptors (Lipinski definition) is 6. The molecule has 0 bridgehead atoms. The van der Waals surface area contributed by atoms with Crippen LogP contribution >= 0.6 is 0 Å². The maximum atomic E-state index is 5.60. The minimum atomic E-state index is 0.107. The molecule has 0 spiro atoms. The minimum absolute atomic E-state index is 0.107. The zero-order valence-corrected chi connectivity index (χ0v) is 11.8. The summed E-state index contributed by atoms with van der Waals surface area (Å²) in [6.45, 7) is 9.02. The van der Waals surface area contributed by atoms with Crippen LogP contribution in [0.1, 0.15) is 19.5 Å². The van der Waals surface area contributed by atoms with Crippen molar-refractivity contribution in [1.29, 1.82) is 0 Å². The van der Waals surface area contributed by atoms with Crippen molar-refractivity contribution >= 4 is 5.95 Å². The van der Waals surface area contributed by atoms with E-state index in [1.54, 1.807) is 0 Å². The van der Waals surface area contributed by atoms with Crippen molar-refractivity contribution in [3.8, 4) is 5.88 Å². The summed E-state index contributed by atoms with van der Waals surface area (Å²) in [6, 6.07) is 2.14. The molecule has 2 rings (SSSR count). The van der Waals surface area contributed by atoms with E-state index in [0.717, 1.165) is 25.4 Å². The maximum Gasteiger partial charge on any atom is 0.226 e. The molecule has 0 amide bonds. The van der Waals surface area contributed by atoms with E-state index in [4.69, 9.17) is 9.47 Å². The Morgan fingerprint density at radius 2 is 2.37 bits per heavy atom. The van der Waals surface area contributed by atoms with E-state index in [1.807, 2.05) is 26.8 Å². The summed E-state index contributed by atoms with van der Waals surface area (Å²) in [5.41, 5.74) is 0.890. The first-order valence-corrected chi connectivity index (χ1v) is 6.71. The molecule has 2 heterocycles. The second-order valence-electron chi connectivity index (χ2n) is 4.94. The minimum Gasteiger partial charge on any atom is -0.475 e. The van der Waals surface area contributed by atoms with Crippen molar-refractivity contribution in [2.75, 3.05) is 31.6 Å². The van der Waals surface area contributed by atoms with Gasteiger partial charge in [-0.3, -0.25) is 0 Å². The van der Waals surface area contributed by atoms with Gasteiger partial charge in [0, 0.05) is 30.9 Å². The van der Waals surface area contributed by atoms with Gasteiger partial charge in [-0.2, -0.15) is 4.98 Å². The molecule has 6 nitrogen and oxygen atoms in total. The summed E-state index contributed by atoms with van der Waals surface area (Å²) in [4.78, 5) is 8.70. The maximum absolute atomic E-state index is 5.60. The zero-order chi connectivity index (χ0) is 13.7. The molecular weight excluding hydrogens is 244 g/mol. The first kappa shape index (κ1) is 14.0. The highest BCUT2D eigenvalue weighted by Crippen LogP contribution is 2.13. The first-order chi connectivity index (χ1) is 9.13. The third kappa shape index (κ3) is 4.65. The van der Waals surface area contributed by atoms with E-state index >= 15 is 0 Å². The van der Waals surface area contributed by atoms with Crippen molar-refractivity contribution in [2.24, 2.45) is 0 Å². The van der Waals surface area contributed by atoms with E-state index < -0.39 is 0 Å². The summed E-state index contributed by atoms with van der Waals surface area (Å²) in [5.74, 6) is 1.21. The SMILES string of the molecule is Cc1cc(OC(C)C)nc(NCC2COCCN2)n1. The van der Waals surface area contributed by atoms with Crippen LogP contribution in [0.5, 0.6) is 5.88 Å². The van der Waals surface area contributed by atoms with Gasteiger partial charge in [0.15, 0.2) is 0 Å². The Kier molecular flexibility index (Phi) is 4.93. The molecule has 2 N–H and O–H groups in total. The number of hydrogen-bond donors (Lipinski definition) is 2. The molecule has 0 aliphatic carbocycles. The van der Waals surface area contributed by atoms with E-state index in [2.05, 4.69) is 20.6 Å². The number of anilines is 1. The Balaban J connectivity index is 1.93. The zero-order valence-electron chi connectivity index (χ0n) is 11.8. The Morgan fingerprint density at radius 1 is 1.53 bits per heavy atom. The second-order valence-corrected chi connectivity index (χ2v) is 4.94. The van der Waals surface area contributed by atoms with Crippen molar-refractivity contribution < 1.29 is 9.47 Å². The van der Waals surface area contributed by atoms with Gasteiger partial charge in [-0.15, -0.1) is 0 Å². The third-order valence-corrected chi connectivity index (χ3v) is 2.69. The molecule has 1 saturated heterocycles. The largest absolute Gasteiger partial charge is 0.475 e. The van der Waals surface area contributed by atoms with Crippen LogP contribution < -0.4 is 15.4 Å². The molecule has 106 valence electrons. The van der Waals surface area contributed by atoms with Gasteiger partial charge in [0.25, 0.3) is 0 Å². The first-order valence-electron chi connectivity index (χ1n) is 6.71. The van der Waals surface area contributed by atoms with Gasteiger partial charge in [0.1, 0.15) is 0 Å². The van der Waals surface area contributed by atoms with Gasteiger partial charge < -0.3 is 20.1 Å². The number of rotatable bonds is 5. The number of nitrogens with one attached hydrogen (secondary N) is 2. The number of aryl methyl sites for hydroxylation is 1. The molecule has 0 radical (unpaired) electrons. The summed E-state index contributed by atoms with van der Waals surface area (Å²) >= 11 is 0.